The van der Waals surface area contributed by atoms with E-state index in [1.54, 1.807) is 6.07 Å². The molecule has 38 heavy (non-hydrogen) atoms. The minimum absolute atomic E-state index is 0.0865. The number of carbonyl (C=O) groups is 1. The number of halogens is 2. The maximum absolute atomic E-state index is 15.8. The zero-order valence-electron chi connectivity index (χ0n) is 22.4. The van der Waals surface area contributed by atoms with E-state index in [0.29, 0.717) is 22.7 Å². The Hall–Kier alpha value is -2.17. The Kier molecular flexibility index (Phi) is 8.74. The molecule has 10 heteroatoms. The Morgan fingerprint density at radius 3 is 2.74 bits per heavy atom. The number of hydrogen-bond donors (Lipinski definition) is 2. The number of hydrogen-bond acceptors (Lipinski definition) is 7. The van der Waals surface area contributed by atoms with Gasteiger partial charge < -0.3 is 14.8 Å². The van der Waals surface area contributed by atoms with E-state index in [0.717, 1.165) is 10.4 Å². The minimum Gasteiger partial charge on any atom is -0.411 e. The molecule has 0 spiro atoms. The van der Waals surface area contributed by atoms with Crippen LogP contribution in [0.25, 0.3) is 0 Å². The number of aliphatic hydroxyl groups is 1. The van der Waals surface area contributed by atoms with Gasteiger partial charge in [-0.15, -0.1) is 11.3 Å². The smallest absolute Gasteiger partial charge is 0.208 e. The van der Waals surface area contributed by atoms with Crippen LogP contribution < -0.4 is 5.32 Å². The summed E-state index contributed by atoms with van der Waals surface area (Å²) >= 11 is 7.51. The molecule has 3 aromatic rings. The zero-order valence-corrected chi connectivity index (χ0v) is 24.9. The van der Waals surface area contributed by atoms with Gasteiger partial charge in [-0.1, -0.05) is 44.5 Å². The van der Waals surface area contributed by atoms with Crippen LogP contribution >= 0.6 is 22.9 Å². The van der Waals surface area contributed by atoms with Crippen molar-refractivity contribution >= 4 is 42.9 Å². The van der Waals surface area contributed by atoms with Crippen molar-refractivity contribution in [3.8, 4) is 0 Å². The van der Waals surface area contributed by atoms with Crippen LogP contribution in [0.5, 0.6) is 0 Å². The van der Waals surface area contributed by atoms with E-state index in [9.17, 15) is 9.90 Å². The molecule has 1 saturated carbocycles. The van der Waals surface area contributed by atoms with Gasteiger partial charge in [0.25, 0.3) is 0 Å². The molecule has 2 aromatic heterocycles. The Labute approximate surface area is 233 Å². The summed E-state index contributed by atoms with van der Waals surface area (Å²) < 4.78 is 22.2. The molecule has 0 saturated heterocycles. The second-order valence-corrected chi connectivity index (χ2v) is 17.8. The lowest BCUT2D eigenvalue weighted by Gasteiger charge is -2.40. The van der Waals surface area contributed by atoms with Crippen molar-refractivity contribution in [3.63, 3.8) is 0 Å². The quantitative estimate of drug-likeness (QED) is 0.223. The molecular formula is C28H35ClFN3O3SSi. The van der Waals surface area contributed by atoms with Crippen molar-refractivity contribution < 1.29 is 18.7 Å². The number of thiophene rings is 1. The summed E-state index contributed by atoms with van der Waals surface area (Å²) in [7, 11) is -2.26. The van der Waals surface area contributed by atoms with Gasteiger partial charge in [-0.3, -0.25) is 4.79 Å². The molecule has 2 N–H and O–H groups in total. The average Bonchev–Trinajstić information content (AvgIpc) is 3.43. The third-order valence-corrected chi connectivity index (χ3v) is 13.4. The normalized spacial score (nSPS) is 22.0. The molecular weight excluding hydrogens is 541 g/mol. The van der Waals surface area contributed by atoms with Gasteiger partial charge in [0, 0.05) is 35.0 Å². The summed E-state index contributed by atoms with van der Waals surface area (Å²) in [6.07, 6.45) is 1.77. The molecule has 0 amide bonds. The van der Waals surface area contributed by atoms with Crippen LogP contribution in [0.2, 0.25) is 23.2 Å². The highest BCUT2D eigenvalue weighted by Crippen LogP contribution is 2.42. The minimum atomic E-state index is -2.26. The Bertz CT molecular complexity index is 1280. The van der Waals surface area contributed by atoms with Gasteiger partial charge >= 0.3 is 0 Å². The molecule has 204 valence electrons. The maximum Gasteiger partial charge on any atom is 0.208 e. The molecule has 4 atom stereocenters. The van der Waals surface area contributed by atoms with Crippen molar-refractivity contribution in [2.45, 2.75) is 70.1 Å². The molecule has 6 nitrogen and oxygen atoms in total. The van der Waals surface area contributed by atoms with E-state index in [-0.39, 0.29) is 34.7 Å². The molecule has 1 aliphatic carbocycles. The number of alkyl halides is 1. The summed E-state index contributed by atoms with van der Waals surface area (Å²) in [4.78, 5) is 23.4. The van der Waals surface area contributed by atoms with Crippen LogP contribution in [0, 0.1) is 5.92 Å². The van der Waals surface area contributed by atoms with Crippen molar-refractivity contribution in [3.05, 3.63) is 74.8 Å². The van der Waals surface area contributed by atoms with Gasteiger partial charge in [-0.25, -0.2) is 14.4 Å². The molecule has 4 rings (SSSR count). The summed E-state index contributed by atoms with van der Waals surface area (Å²) in [5, 5.41) is 13.7. The zero-order chi connectivity index (χ0) is 27.7. The maximum atomic E-state index is 15.8. The predicted octanol–water partition coefficient (Wildman–Crippen LogP) is 6.53. The van der Waals surface area contributed by atoms with Gasteiger partial charge in [0.1, 0.15) is 18.3 Å². The lowest BCUT2D eigenvalue weighted by molar-refractivity contribution is 0.0530. The number of anilines is 1. The van der Waals surface area contributed by atoms with Crippen molar-refractivity contribution in [1.29, 1.82) is 0 Å². The van der Waals surface area contributed by atoms with Crippen molar-refractivity contribution in [2.75, 3.05) is 11.9 Å². The number of nitrogens with zero attached hydrogens (tertiary/aromatic N) is 2. The molecule has 1 aromatic carbocycles. The van der Waals surface area contributed by atoms with Crippen LogP contribution in [0.4, 0.5) is 10.2 Å². The SMILES string of the molecule is CC(C)(C)[Si](C)(C)OC1[C@@H](CO)C[C@@H](Nc2ncncc2C(=O)c2ccc(Cc3cccc(Cl)c3)s2)[C@H]1F. The fraction of sp³-hybridized carbons (Fsp3) is 0.464. The number of ketones is 1. The second-order valence-electron chi connectivity index (χ2n) is 11.4. The predicted molar refractivity (Wildman–Crippen MR) is 154 cm³/mol. The van der Waals surface area contributed by atoms with Crippen LogP contribution in [0.15, 0.2) is 48.9 Å². The Morgan fingerprint density at radius 1 is 1.29 bits per heavy atom. The lowest BCUT2D eigenvalue weighted by atomic mass is 10.1. The molecule has 2 heterocycles. The first-order chi connectivity index (χ1) is 17.9. The highest BCUT2D eigenvalue weighted by atomic mass is 35.5. The molecule has 0 radical (unpaired) electrons. The van der Waals surface area contributed by atoms with Gasteiger partial charge in [0.05, 0.1) is 22.6 Å². The first kappa shape index (κ1) is 28.8. The Morgan fingerprint density at radius 2 is 2.05 bits per heavy atom. The van der Waals surface area contributed by atoms with Crippen LogP contribution in [-0.2, 0) is 10.8 Å². The number of carbonyl (C=O) groups excluding carboxylic acids is 1. The highest BCUT2D eigenvalue weighted by molar-refractivity contribution is 7.14. The van der Waals surface area contributed by atoms with E-state index in [1.807, 2.05) is 30.3 Å². The molecule has 1 aliphatic rings. The van der Waals surface area contributed by atoms with Gasteiger partial charge in [0.15, 0.2) is 8.32 Å². The van der Waals surface area contributed by atoms with E-state index < -0.39 is 26.6 Å². The summed E-state index contributed by atoms with van der Waals surface area (Å²) in [6, 6.07) is 10.7. The van der Waals surface area contributed by atoms with E-state index >= 15 is 4.39 Å². The lowest BCUT2D eigenvalue weighted by Crippen LogP contribution is -2.48. The number of aromatic nitrogens is 2. The topological polar surface area (TPSA) is 84.3 Å². The summed E-state index contributed by atoms with van der Waals surface area (Å²) in [5.41, 5.74) is 1.34. The standard InChI is InChI=1S/C28H35ClFN3O3SSi/c1-28(2,3)38(4,5)36-26-18(15-34)13-22(24(26)30)33-27-21(14-31-16-32-27)25(35)23-10-9-20(37-23)12-17-7-6-8-19(29)11-17/h6-11,14,16,18,22,24,26,34H,12-13,15H2,1-5H3,(H,31,32,33)/t18-,22-,24-,26?/m1/s1. The number of nitrogens with one attached hydrogen (secondary N) is 1. The second kappa shape index (κ2) is 11.5. The monoisotopic (exact) mass is 575 g/mol. The molecule has 0 aliphatic heterocycles. The van der Waals surface area contributed by atoms with Crippen LogP contribution in [-0.4, -0.2) is 54.1 Å². The van der Waals surface area contributed by atoms with E-state index in [1.165, 1.54) is 23.9 Å². The third-order valence-electron chi connectivity index (χ3n) is 7.62. The number of benzene rings is 1. The third kappa shape index (κ3) is 6.34. The van der Waals surface area contributed by atoms with E-state index in [4.69, 9.17) is 16.0 Å². The van der Waals surface area contributed by atoms with Crippen molar-refractivity contribution in [2.24, 2.45) is 5.92 Å². The Balaban J connectivity index is 1.51. The fourth-order valence-electron chi connectivity index (χ4n) is 4.44. The highest BCUT2D eigenvalue weighted by Gasteiger charge is 2.49. The first-order valence-electron chi connectivity index (χ1n) is 12.8. The van der Waals surface area contributed by atoms with Crippen molar-refractivity contribution in [1.82, 2.24) is 9.97 Å². The largest absolute Gasteiger partial charge is 0.411 e. The summed E-state index contributed by atoms with van der Waals surface area (Å²) in [6.45, 7) is 10.3. The molecule has 1 unspecified atom stereocenters. The first-order valence-corrected chi connectivity index (χ1v) is 16.9. The molecule has 1 fully saturated rings. The number of aliphatic hydroxyl groups excluding tert-OH is 1. The number of rotatable bonds is 9. The van der Waals surface area contributed by atoms with Crippen LogP contribution in [0.3, 0.4) is 0 Å². The molecule has 0 bridgehead atoms. The average molecular weight is 576 g/mol. The van der Waals surface area contributed by atoms with Gasteiger partial charge in [-0.05, 0) is 54.4 Å². The van der Waals surface area contributed by atoms with E-state index in [2.05, 4.69) is 49.1 Å². The summed E-state index contributed by atoms with van der Waals surface area (Å²) in [5.74, 6) is -0.285. The van der Waals surface area contributed by atoms with Crippen LogP contribution in [0.1, 0.15) is 52.9 Å². The fourth-order valence-corrected chi connectivity index (χ4v) is 7.00. The van der Waals surface area contributed by atoms with Gasteiger partial charge in [-0.2, -0.15) is 0 Å². The van der Waals surface area contributed by atoms with Gasteiger partial charge in [0.2, 0.25) is 5.78 Å².